The van der Waals surface area contributed by atoms with E-state index in [4.69, 9.17) is 14.0 Å². The summed E-state index contributed by atoms with van der Waals surface area (Å²) in [4.78, 5) is 36.6. The van der Waals surface area contributed by atoms with Crippen LogP contribution in [0, 0.1) is 17.8 Å². The van der Waals surface area contributed by atoms with Crippen LogP contribution in [-0.4, -0.2) is 97.0 Å². The number of benzene rings is 1. The molecular weight excluding hydrogens is 548 g/mol. The molecule has 2 atom stereocenters. The van der Waals surface area contributed by atoms with Crippen LogP contribution in [0.3, 0.4) is 0 Å². The van der Waals surface area contributed by atoms with Crippen molar-refractivity contribution in [3.05, 3.63) is 24.3 Å². The predicted octanol–water partition coefficient (Wildman–Crippen LogP) is 4.44. The summed E-state index contributed by atoms with van der Waals surface area (Å²) in [6.07, 6.45) is 5.64. The number of anilines is 1. The Balaban J connectivity index is 0.993. The predicted molar refractivity (Wildman–Crippen MR) is 164 cm³/mol. The summed E-state index contributed by atoms with van der Waals surface area (Å²) in [6.45, 7) is 12.6. The summed E-state index contributed by atoms with van der Waals surface area (Å²) in [7, 11) is 1.64. The minimum Gasteiger partial charge on any atom is -0.497 e. The smallest absolute Gasteiger partial charge is 0.410 e. The average Bonchev–Trinajstić information content (AvgIpc) is 3.60. The van der Waals surface area contributed by atoms with E-state index in [9.17, 15) is 9.59 Å². The van der Waals surface area contributed by atoms with Gasteiger partial charge in [0.25, 0.3) is 0 Å². The van der Waals surface area contributed by atoms with Crippen molar-refractivity contribution < 1.29 is 23.6 Å². The molecule has 0 radical (unpaired) electrons. The summed E-state index contributed by atoms with van der Waals surface area (Å²) in [5.41, 5.74) is 0.410. The zero-order valence-corrected chi connectivity index (χ0v) is 26.2. The summed E-state index contributed by atoms with van der Waals surface area (Å²) in [5.74, 6) is 2.58. The van der Waals surface area contributed by atoms with Crippen LogP contribution in [0.25, 0.3) is 11.4 Å². The third-order valence-electron chi connectivity index (χ3n) is 8.85. The first kappa shape index (κ1) is 31.1. The van der Waals surface area contributed by atoms with E-state index in [1.807, 2.05) is 49.9 Å². The highest BCUT2D eigenvalue weighted by atomic mass is 16.6. The molecule has 11 nitrogen and oxygen atoms in total. The van der Waals surface area contributed by atoms with Gasteiger partial charge in [0.15, 0.2) is 0 Å². The number of nitrogens with one attached hydrogen (secondary N) is 1. The first-order valence-corrected chi connectivity index (χ1v) is 15.9. The zero-order valence-electron chi connectivity index (χ0n) is 26.2. The van der Waals surface area contributed by atoms with Crippen molar-refractivity contribution in [2.45, 2.75) is 64.9 Å². The van der Waals surface area contributed by atoms with E-state index < -0.39 is 5.60 Å². The molecule has 3 aliphatic heterocycles. The van der Waals surface area contributed by atoms with Crippen LogP contribution >= 0.6 is 0 Å². The van der Waals surface area contributed by atoms with Gasteiger partial charge in [0.2, 0.25) is 11.7 Å². The Kier molecular flexibility index (Phi) is 10.1. The van der Waals surface area contributed by atoms with Gasteiger partial charge in [0.05, 0.1) is 7.11 Å². The minimum atomic E-state index is -0.460. The van der Waals surface area contributed by atoms with E-state index in [0.717, 1.165) is 89.1 Å². The normalized spacial score (nSPS) is 22.3. The van der Waals surface area contributed by atoms with Crippen LogP contribution in [0.5, 0.6) is 5.75 Å². The van der Waals surface area contributed by atoms with Crippen LogP contribution < -0.4 is 15.0 Å². The van der Waals surface area contributed by atoms with E-state index in [1.165, 1.54) is 0 Å². The summed E-state index contributed by atoms with van der Waals surface area (Å²) in [5, 5.41) is 7.39. The Morgan fingerprint density at radius 2 is 1.72 bits per heavy atom. The molecule has 0 saturated carbocycles. The number of piperidine rings is 1. The van der Waals surface area contributed by atoms with Gasteiger partial charge < -0.3 is 34.0 Å². The average molecular weight is 597 g/mol. The SMILES string of the molecule is COc1ccc(-c2noc(N3CCC(C(=O)NCC4CCN(CC5CCCN(C(=O)OC(C)(C)C)CC5)C4)CC3)n2)cc1. The molecule has 3 aliphatic rings. The van der Waals surface area contributed by atoms with Gasteiger partial charge >= 0.3 is 12.1 Å². The van der Waals surface area contributed by atoms with Crippen LogP contribution in [0.4, 0.5) is 10.8 Å². The van der Waals surface area contributed by atoms with Crippen molar-refractivity contribution in [2.24, 2.45) is 17.8 Å². The fourth-order valence-electron chi connectivity index (χ4n) is 6.39. The van der Waals surface area contributed by atoms with E-state index in [-0.39, 0.29) is 17.9 Å². The highest BCUT2D eigenvalue weighted by Crippen LogP contribution is 2.27. The van der Waals surface area contributed by atoms with Crippen molar-refractivity contribution in [1.29, 1.82) is 0 Å². The van der Waals surface area contributed by atoms with E-state index in [0.29, 0.717) is 36.8 Å². The molecule has 2 amide bonds. The molecule has 0 bridgehead atoms. The third-order valence-corrected chi connectivity index (χ3v) is 8.85. The first-order chi connectivity index (χ1) is 20.7. The molecular formula is C32H48N6O5. The van der Waals surface area contributed by atoms with Crippen molar-refractivity contribution in [2.75, 3.05) is 64.4 Å². The molecule has 1 aromatic carbocycles. The molecule has 236 valence electrons. The minimum absolute atomic E-state index is 0.0108. The van der Waals surface area contributed by atoms with Gasteiger partial charge in [-0.05, 0) is 102 Å². The van der Waals surface area contributed by atoms with Crippen molar-refractivity contribution in [3.63, 3.8) is 0 Å². The maximum atomic E-state index is 13.0. The number of likely N-dealkylation sites (tertiary alicyclic amines) is 2. The van der Waals surface area contributed by atoms with Crippen LogP contribution in [0.15, 0.2) is 28.8 Å². The van der Waals surface area contributed by atoms with Gasteiger partial charge in [-0.3, -0.25) is 4.79 Å². The number of ether oxygens (including phenoxy) is 2. The highest BCUT2D eigenvalue weighted by Gasteiger charge is 2.31. The zero-order chi connectivity index (χ0) is 30.4. The number of aromatic nitrogens is 2. The second-order valence-electron chi connectivity index (χ2n) is 13.3. The largest absolute Gasteiger partial charge is 0.497 e. The Labute approximate surface area is 255 Å². The lowest BCUT2D eigenvalue weighted by atomic mass is 9.96. The van der Waals surface area contributed by atoms with Gasteiger partial charge in [0, 0.05) is 57.3 Å². The Hall–Kier alpha value is -3.34. The topological polar surface area (TPSA) is 113 Å². The molecule has 2 aromatic rings. The molecule has 3 saturated heterocycles. The molecule has 11 heteroatoms. The second-order valence-corrected chi connectivity index (χ2v) is 13.3. The van der Waals surface area contributed by atoms with E-state index >= 15 is 0 Å². The fourth-order valence-corrected chi connectivity index (χ4v) is 6.39. The van der Waals surface area contributed by atoms with Crippen molar-refractivity contribution in [3.8, 4) is 17.1 Å². The van der Waals surface area contributed by atoms with Gasteiger partial charge in [-0.2, -0.15) is 4.98 Å². The number of hydrogen-bond acceptors (Lipinski definition) is 9. The lowest BCUT2D eigenvalue weighted by molar-refractivity contribution is -0.125. The molecule has 43 heavy (non-hydrogen) atoms. The van der Waals surface area contributed by atoms with Gasteiger partial charge in [-0.25, -0.2) is 4.79 Å². The number of methoxy groups -OCH3 is 1. The molecule has 0 aliphatic carbocycles. The van der Waals surface area contributed by atoms with Crippen LogP contribution in [0.1, 0.15) is 59.3 Å². The van der Waals surface area contributed by atoms with Crippen LogP contribution in [0.2, 0.25) is 0 Å². The number of carbonyl (C=O) groups is 2. The molecule has 1 aromatic heterocycles. The maximum absolute atomic E-state index is 13.0. The Morgan fingerprint density at radius 3 is 2.44 bits per heavy atom. The lowest BCUT2D eigenvalue weighted by Gasteiger charge is -2.30. The Morgan fingerprint density at radius 1 is 0.977 bits per heavy atom. The summed E-state index contributed by atoms with van der Waals surface area (Å²) >= 11 is 0. The molecule has 0 spiro atoms. The van der Waals surface area contributed by atoms with E-state index in [1.54, 1.807) is 7.11 Å². The number of carbonyl (C=O) groups excluding carboxylic acids is 2. The van der Waals surface area contributed by atoms with Crippen LogP contribution in [-0.2, 0) is 9.53 Å². The Bertz CT molecular complexity index is 1200. The van der Waals surface area contributed by atoms with Gasteiger partial charge in [-0.15, -0.1) is 0 Å². The standard InChI is InChI=1S/C32H48N6O5/c1-32(2,3)42-31(40)38-15-5-6-23(12-17-38)21-36-16-11-24(22-36)20-33-29(39)26-13-18-37(19-14-26)30-34-28(35-43-30)25-7-9-27(41-4)10-8-25/h7-10,23-24,26H,5-6,11-22H2,1-4H3,(H,33,39). The molecule has 2 unspecified atom stereocenters. The molecule has 5 rings (SSSR count). The first-order valence-electron chi connectivity index (χ1n) is 15.9. The molecule has 3 fully saturated rings. The number of amides is 2. The maximum Gasteiger partial charge on any atom is 0.410 e. The van der Waals surface area contributed by atoms with Crippen molar-refractivity contribution >= 4 is 18.0 Å². The molecule has 4 heterocycles. The number of rotatable bonds is 8. The van der Waals surface area contributed by atoms with E-state index in [2.05, 4.69) is 25.3 Å². The second kappa shape index (κ2) is 14.0. The summed E-state index contributed by atoms with van der Waals surface area (Å²) < 4.78 is 16.3. The summed E-state index contributed by atoms with van der Waals surface area (Å²) in [6, 6.07) is 8.07. The van der Waals surface area contributed by atoms with Crippen molar-refractivity contribution in [1.82, 2.24) is 25.3 Å². The monoisotopic (exact) mass is 596 g/mol. The van der Waals surface area contributed by atoms with Gasteiger partial charge in [-0.1, -0.05) is 5.16 Å². The lowest BCUT2D eigenvalue weighted by Crippen LogP contribution is -2.42. The third kappa shape index (κ3) is 8.61. The van der Waals surface area contributed by atoms with Gasteiger partial charge in [0.1, 0.15) is 11.4 Å². The number of hydrogen-bond donors (Lipinski definition) is 1. The molecule has 1 N–H and O–H groups in total. The quantitative estimate of drug-likeness (QED) is 0.473. The number of nitrogens with zero attached hydrogens (tertiary/aromatic N) is 5. The highest BCUT2D eigenvalue weighted by molar-refractivity contribution is 5.79. The fraction of sp³-hybridized carbons (Fsp3) is 0.688.